The third-order valence-corrected chi connectivity index (χ3v) is 2.85. The number of furan rings is 1. The summed E-state index contributed by atoms with van der Waals surface area (Å²) in [6.45, 7) is 0.546. The number of nitrogens with zero attached hydrogens (tertiary/aromatic N) is 1. The number of nitrogens with one attached hydrogen (secondary N) is 1. The van der Waals surface area contributed by atoms with E-state index in [2.05, 4.69) is 5.32 Å². The van der Waals surface area contributed by atoms with Gasteiger partial charge in [-0.15, -0.1) is 0 Å². The summed E-state index contributed by atoms with van der Waals surface area (Å²) in [4.78, 5) is 11.5. The molecule has 0 aliphatic rings. The van der Waals surface area contributed by atoms with Gasteiger partial charge in [-0.1, -0.05) is 6.07 Å². The van der Waals surface area contributed by atoms with Crippen LogP contribution in [0, 0.1) is 0 Å². The van der Waals surface area contributed by atoms with Gasteiger partial charge in [0.2, 0.25) is 0 Å². The number of aromatic nitrogens is 1. The highest BCUT2D eigenvalue weighted by Gasteiger charge is 2.09. The van der Waals surface area contributed by atoms with E-state index in [1.807, 2.05) is 30.3 Å². The maximum Gasteiger partial charge on any atom is 0.419 e. The SMILES string of the molecule is Cn1c(=O)oc2c(NCc3ccco3)cccc21. The third-order valence-electron chi connectivity index (χ3n) is 2.85. The molecule has 3 rings (SSSR count). The lowest BCUT2D eigenvalue weighted by atomic mass is 10.2. The number of oxazole rings is 1. The third kappa shape index (κ3) is 1.69. The van der Waals surface area contributed by atoms with E-state index >= 15 is 0 Å². The van der Waals surface area contributed by atoms with Gasteiger partial charge in [-0.3, -0.25) is 4.57 Å². The average Bonchev–Trinajstić information content (AvgIpc) is 2.98. The molecule has 0 fully saturated rings. The summed E-state index contributed by atoms with van der Waals surface area (Å²) in [5.74, 6) is 0.461. The first-order chi connectivity index (χ1) is 8.75. The lowest BCUT2D eigenvalue weighted by Gasteiger charge is -2.04. The van der Waals surface area contributed by atoms with Crippen LogP contribution in [0.1, 0.15) is 5.76 Å². The van der Waals surface area contributed by atoms with Crippen molar-refractivity contribution in [3.05, 3.63) is 52.9 Å². The molecule has 0 aliphatic carbocycles. The Labute approximate surface area is 103 Å². The molecule has 1 aromatic carbocycles. The first kappa shape index (κ1) is 10.7. The fourth-order valence-electron chi connectivity index (χ4n) is 1.89. The first-order valence-corrected chi connectivity index (χ1v) is 5.60. The fraction of sp³-hybridized carbons (Fsp3) is 0.154. The van der Waals surface area contributed by atoms with E-state index in [-0.39, 0.29) is 5.76 Å². The second kappa shape index (κ2) is 4.10. The summed E-state index contributed by atoms with van der Waals surface area (Å²) in [6, 6.07) is 9.31. The van der Waals surface area contributed by atoms with E-state index in [1.54, 1.807) is 13.3 Å². The molecule has 0 bridgehead atoms. The molecule has 2 heterocycles. The van der Waals surface area contributed by atoms with Crippen molar-refractivity contribution >= 4 is 16.8 Å². The molecule has 0 radical (unpaired) electrons. The summed E-state index contributed by atoms with van der Waals surface area (Å²) in [7, 11) is 1.68. The Morgan fingerprint density at radius 3 is 2.94 bits per heavy atom. The molecule has 0 amide bonds. The Hall–Kier alpha value is -2.43. The van der Waals surface area contributed by atoms with Crippen molar-refractivity contribution in [2.24, 2.45) is 7.05 Å². The molecular weight excluding hydrogens is 232 g/mol. The minimum absolute atomic E-state index is 0.364. The Kier molecular flexibility index (Phi) is 2.44. The van der Waals surface area contributed by atoms with Gasteiger partial charge >= 0.3 is 5.76 Å². The molecule has 0 aliphatic heterocycles. The summed E-state index contributed by atoms with van der Waals surface area (Å²) >= 11 is 0. The second-order valence-corrected chi connectivity index (χ2v) is 4.01. The van der Waals surface area contributed by atoms with Gasteiger partial charge in [-0.2, -0.15) is 0 Å². The quantitative estimate of drug-likeness (QED) is 0.768. The van der Waals surface area contributed by atoms with Crippen LogP contribution in [0.3, 0.4) is 0 Å². The van der Waals surface area contributed by atoms with Crippen LogP contribution in [0.2, 0.25) is 0 Å². The van der Waals surface area contributed by atoms with Crippen LogP contribution < -0.4 is 11.1 Å². The normalized spacial score (nSPS) is 10.9. The Morgan fingerprint density at radius 2 is 2.17 bits per heavy atom. The highest BCUT2D eigenvalue weighted by molar-refractivity contribution is 5.86. The highest BCUT2D eigenvalue weighted by Crippen LogP contribution is 2.22. The van der Waals surface area contributed by atoms with Crippen LogP contribution >= 0.6 is 0 Å². The Bertz CT molecular complexity index is 722. The lowest BCUT2D eigenvalue weighted by Crippen LogP contribution is -2.08. The molecule has 18 heavy (non-hydrogen) atoms. The van der Waals surface area contributed by atoms with Crippen molar-refractivity contribution in [3.8, 4) is 0 Å². The van der Waals surface area contributed by atoms with Crippen molar-refractivity contribution < 1.29 is 8.83 Å². The number of fused-ring (bicyclic) bond motifs is 1. The largest absolute Gasteiger partial charge is 0.467 e. The molecule has 0 atom stereocenters. The van der Waals surface area contributed by atoms with Gasteiger partial charge in [0.25, 0.3) is 0 Å². The van der Waals surface area contributed by atoms with E-state index in [4.69, 9.17) is 8.83 Å². The Balaban J connectivity index is 1.97. The van der Waals surface area contributed by atoms with E-state index in [0.717, 1.165) is 17.0 Å². The van der Waals surface area contributed by atoms with E-state index in [0.29, 0.717) is 12.1 Å². The summed E-state index contributed by atoms with van der Waals surface area (Å²) in [5.41, 5.74) is 2.11. The summed E-state index contributed by atoms with van der Waals surface area (Å²) in [6.07, 6.45) is 1.63. The monoisotopic (exact) mass is 244 g/mol. The van der Waals surface area contributed by atoms with Gasteiger partial charge in [0.15, 0.2) is 5.58 Å². The van der Waals surface area contributed by atoms with Crippen LogP contribution in [0.5, 0.6) is 0 Å². The minimum atomic E-state index is -0.364. The number of para-hydroxylation sites is 1. The molecule has 0 saturated heterocycles. The maximum absolute atomic E-state index is 11.5. The van der Waals surface area contributed by atoms with Crippen molar-refractivity contribution in [2.75, 3.05) is 5.32 Å². The van der Waals surface area contributed by atoms with Gasteiger partial charge in [-0.25, -0.2) is 4.79 Å². The van der Waals surface area contributed by atoms with Gasteiger partial charge in [0.1, 0.15) is 5.76 Å². The van der Waals surface area contributed by atoms with E-state index in [1.165, 1.54) is 4.57 Å². The molecule has 5 nitrogen and oxygen atoms in total. The predicted octanol–water partition coefficient (Wildman–Crippen LogP) is 2.34. The summed E-state index contributed by atoms with van der Waals surface area (Å²) in [5, 5.41) is 3.19. The van der Waals surface area contributed by atoms with Crippen molar-refractivity contribution in [2.45, 2.75) is 6.54 Å². The molecule has 5 heteroatoms. The molecular formula is C13H12N2O3. The van der Waals surface area contributed by atoms with Crippen LogP contribution in [0.4, 0.5) is 5.69 Å². The van der Waals surface area contributed by atoms with Gasteiger partial charge in [0, 0.05) is 7.05 Å². The number of rotatable bonds is 3. The van der Waals surface area contributed by atoms with Gasteiger partial charge < -0.3 is 14.2 Å². The summed E-state index contributed by atoms with van der Waals surface area (Å²) < 4.78 is 11.9. The van der Waals surface area contributed by atoms with Crippen LogP contribution in [0.25, 0.3) is 11.1 Å². The zero-order valence-electron chi connectivity index (χ0n) is 9.84. The molecule has 0 spiro atoms. The smallest absolute Gasteiger partial charge is 0.419 e. The van der Waals surface area contributed by atoms with Crippen LogP contribution in [-0.2, 0) is 13.6 Å². The fourth-order valence-corrected chi connectivity index (χ4v) is 1.89. The molecule has 92 valence electrons. The highest BCUT2D eigenvalue weighted by atomic mass is 16.4. The van der Waals surface area contributed by atoms with Crippen LogP contribution in [-0.4, -0.2) is 4.57 Å². The zero-order chi connectivity index (χ0) is 12.5. The Morgan fingerprint density at radius 1 is 1.28 bits per heavy atom. The lowest BCUT2D eigenvalue weighted by molar-refractivity contribution is 0.516. The maximum atomic E-state index is 11.5. The number of benzene rings is 1. The first-order valence-electron chi connectivity index (χ1n) is 5.60. The predicted molar refractivity (Wildman–Crippen MR) is 67.5 cm³/mol. The molecule has 3 aromatic rings. The number of hydrogen-bond donors (Lipinski definition) is 1. The van der Waals surface area contributed by atoms with Crippen molar-refractivity contribution in [1.29, 1.82) is 0 Å². The van der Waals surface area contributed by atoms with Crippen molar-refractivity contribution in [3.63, 3.8) is 0 Å². The minimum Gasteiger partial charge on any atom is -0.467 e. The number of hydrogen-bond acceptors (Lipinski definition) is 4. The van der Waals surface area contributed by atoms with Gasteiger partial charge in [-0.05, 0) is 24.3 Å². The second-order valence-electron chi connectivity index (χ2n) is 4.01. The van der Waals surface area contributed by atoms with Crippen LogP contribution in [0.15, 0.2) is 50.2 Å². The molecule has 2 aromatic heterocycles. The topological polar surface area (TPSA) is 60.3 Å². The standard InChI is InChI=1S/C13H12N2O3/c1-15-11-6-2-5-10(12(11)18-13(15)16)14-8-9-4-3-7-17-9/h2-7,14H,8H2,1H3. The number of aryl methyl sites for hydroxylation is 1. The average molecular weight is 244 g/mol. The molecule has 1 N–H and O–H groups in total. The van der Waals surface area contributed by atoms with E-state index < -0.39 is 0 Å². The van der Waals surface area contributed by atoms with E-state index in [9.17, 15) is 4.79 Å². The zero-order valence-corrected chi connectivity index (χ0v) is 9.84. The molecule has 0 unspecified atom stereocenters. The van der Waals surface area contributed by atoms with Gasteiger partial charge in [0.05, 0.1) is 24.0 Å². The molecule has 0 saturated carbocycles. The number of anilines is 1. The van der Waals surface area contributed by atoms with Crippen molar-refractivity contribution in [1.82, 2.24) is 4.57 Å².